The Morgan fingerprint density at radius 2 is 1.94 bits per heavy atom. The summed E-state index contributed by atoms with van der Waals surface area (Å²) in [7, 11) is 0. The predicted octanol–water partition coefficient (Wildman–Crippen LogP) is 2.85. The minimum absolute atomic E-state index is 0.185. The maximum absolute atomic E-state index is 10.5. The van der Waals surface area contributed by atoms with Gasteiger partial charge in [0.1, 0.15) is 0 Å². The second-order valence-electron chi connectivity index (χ2n) is 4.61. The van der Waals surface area contributed by atoms with Gasteiger partial charge < -0.3 is 10.4 Å². The van der Waals surface area contributed by atoms with Gasteiger partial charge in [-0.15, -0.1) is 13.2 Å². The normalized spacial score (nSPS) is 12.4. The Balaban J connectivity index is 3.62. The molecule has 3 nitrogen and oxygen atoms in total. The van der Waals surface area contributed by atoms with Crippen LogP contribution in [0.2, 0.25) is 0 Å². The van der Waals surface area contributed by atoms with Gasteiger partial charge in [-0.05, 0) is 44.2 Å². The molecule has 1 unspecified atom stereocenters. The van der Waals surface area contributed by atoms with E-state index in [2.05, 4.69) is 18.5 Å². The highest BCUT2D eigenvalue weighted by molar-refractivity contribution is 5.66. The van der Waals surface area contributed by atoms with Gasteiger partial charge in [0.15, 0.2) is 0 Å². The Morgan fingerprint density at radius 3 is 2.41 bits per heavy atom. The first-order valence-corrected chi connectivity index (χ1v) is 6.24. The van der Waals surface area contributed by atoms with Crippen LogP contribution in [0.1, 0.15) is 32.6 Å². The molecule has 0 bridgehead atoms. The lowest BCUT2D eigenvalue weighted by Crippen LogP contribution is -2.25. The van der Waals surface area contributed by atoms with Gasteiger partial charge in [0, 0.05) is 6.42 Å². The molecule has 0 aromatic carbocycles. The van der Waals surface area contributed by atoms with Gasteiger partial charge in [0.05, 0.1) is 0 Å². The molecule has 0 heterocycles. The van der Waals surface area contributed by atoms with E-state index in [0.717, 1.165) is 32.4 Å². The first kappa shape index (κ1) is 15.9. The largest absolute Gasteiger partial charge is 0.481 e. The number of carbonyl (C=O) groups is 1. The zero-order valence-corrected chi connectivity index (χ0v) is 10.8. The van der Waals surface area contributed by atoms with Gasteiger partial charge in [-0.2, -0.15) is 0 Å². The van der Waals surface area contributed by atoms with Crippen LogP contribution in [-0.4, -0.2) is 24.2 Å². The van der Waals surface area contributed by atoms with E-state index in [4.69, 9.17) is 5.11 Å². The van der Waals surface area contributed by atoms with E-state index in [1.807, 2.05) is 19.1 Å². The van der Waals surface area contributed by atoms with Crippen LogP contribution in [0.5, 0.6) is 0 Å². The van der Waals surface area contributed by atoms with Gasteiger partial charge in [-0.3, -0.25) is 4.79 Å². The van der Waals surface area contributed by atoms with Crippen LogP contribution < -0.4 is 5.32 Å². The van der Waals surface area contributed by atoms with Gasteiger partial charge in [-0.25, -0.2) is 0 Å². The minimum atomic E-state index is -0.726. The lowest BCUT2D eigenvalue weighted by Gasteiger charge is -2.15. The first-order chi connectivity index (χ1) is 8.10. The molecule has 0 rings (SSSR count). The zero-order valence-electron chi connectivity index (χ0n) is 10.8. The standard InChI is InChI=1S/C14H25NO2/c1-4-6-13(7-5-2)8-9-15-11-12(3)10-14(16)17/h4-5,12-13,15H,1-2,6-11H2,3H3,(H,16,17). The Hall–Kier alpha value is -1.09. The fourth-order valence-corrected chi connectivity index (χ4v) is 1.83. The number of carboxylic acid groups (broad SMARTS) is 1. The fourth-order valence-electron chi connectivity index (χ4n) is 1.83. The number of rotatable bonds is 11. The molecule has 0 amide bonds. The molecule has 0 aromatic rings. The summed E-state index contributed by atoms with van der Waals surface area (Å²) < 4.78 is 0. The SMILES string of the molecule is C=CCC(CC=C)CCNCC(C)CC(=O)O. The molecule has 98 valence electrons. The quantitative estimate of drug-likeness (QED) is 0.430. The number of hydrogen-bond donors (Lipinski definition) is 2. The van der Waals surface area contributed by atoms with E-state index < -0.39 is 5.97 Å². The molecule has 0 saturated carbocycles. The number of nitrogens with one attached hydrogen (secondary N) is 1. The lowest BCUT2D eigenvalue weighted by atomic mass is 9.97. The number of aliphatic carboxylic acids is 1. The molecule has 0 fully saturated rings. The molecule has 0 saturated heterocycles. The number of carboxylic acids is 1. The molecule has 0 aromatic heterocycles. The molecular formula is C14H25NO2. The summed E-state index contributed by atoms with van der Waals surface area (Å²) in [4.78, 5) is 10.5. The van der Waals surface area contributed by atoms with Crippen molar-refractivity contribution in [3.8, 4) is 0 Å². The summed E-state index contributed by atoms with van der Waals surface area (Å²) in [6, 6.07) is 0. The minimum Gasteiger partial charge on any atom is -0.481 e. The monoisotopic (exact) mass is 239 g/mol. The van der Waals surface area contributed by atoms with Gasteiger partial charge in [0.25, 0.3) is 0 Å². The Kier molecular flexibility index (Phi) is 9.44. The number of allylic oxidation sites excluding steroid dienone is 2. The van der Waals surface area contributed by atoms with Crippen LogP contribution in [0, 0.1) is 11.8 Å². The summed E-state index contributed by atoms with van der Waals surface area (Å²) in [5, 5.41) is 11.9. The van der Waals surface area contributed by atoms with E-state index in [-0.39, 0.29) is 12.3 Å². The predicted molar refractivity (Wildman–Crippen MR) is 72.0 cm³/mol. The summed E-state index contributed by atoms with van der Waals surface area (Å²) >= 11 is 0. The summed E-state index contributed by atoms with van der Waals surface area (Å²) in [5.41, 5.74) is 0. The molecule has 0 spiro atoms. The first-order valence-electron chi connectivity index (χ1n) is 6.24. The average Bonchev–Trinajstić information content (AvgIpc) is 2.24. The topological polar surface area (TPSA) is 49.3 Å². The van der Waals surface area contributed by atoms with Crippen molar-refractivity contribution in [3.05, 3.63) is 25.3 Å². The van der Waals surface area contributed by atoms with Crippen LogP contribution in [0.25, 0.3) is 0 Å². The summed E-state index contributed by atoms with van der Waals surface area (Å²) in [5.74, 6) is 0.0625. The second kappa shape index (κ2) is 10.1. The molecule has 1 atom stereocenters. The number of hydrogen-bond acceptors (Lipinski definition) is 2. The van der Waals surface area contributed by atoms with Crippen molar-refractivity contribution in [2.75, 3.05) is 13.1 Å². The van der Waals surface area contributed by atoms with Gasteiger partial charge in [-0.1, -0.05) is 19.1 Å². The molecular weight excluding hydrogens is 214 g/mol. The van der Waals surface area contributed by atoms with Crippen LogP contribution in [0.4, 0.5) is 0 Å². The summed E-state index contributed by atoms with van der Waals surface area (Å²) in [6.07, 6.45) is 7.23. The Labute approximate surface area is 105 Å². The molecule has 0 radical (unpaired) electrons. The maximum atomic E-state index is 10.5. The van der Waals surface area contributed by atoms with Crippen LogP contribution in [0.15, 0.2) is 25.3 Å². The van der Waals surface area contributed by atoms with Crippen molar-refractivity contribution >= 4 is 5.97 Å². The maximum Gasteiger partial charge on any atom is 0.303 e. The lowest BCUT2D eigenvalue weighted by molar-refractivity contribution is -0.137. The van der Waals surface area contributed by atoms with Crippen LogP contribution in [0.3, 0.4) is 0 Å². The van der Waals surface area contributed by atoms with Crippen molar-refractivity contribution in [1.29, 1.82) is 0 Å². The molecule has 17 heavy (non-hydrogen) atoms. The third-order valence-electron chi connectivity index (χ3n) is 2.75. The third-order valence-corrected chi connectivity index (χ3v) is 2.75. The van der Waals surface area contributed by atoms with Crippen molar-refractivity contribution in [3.63, 3.8) is 0 Å². The molecule has 3 heteroatoms. The molecule has 0 aliphatic rings. The van der Waals surface area contributed by atoms with Crippen molar-refractivity contribution in [2.24, 2.45) is 11.8 Å². The highest BCUT2D eigenvalue weighted by atomic mass is 16.4. The Bertz CT molecular complexity index is 228. The highest BCUT2D eigenvalue weighted by Crippen LogP contribution is 2.13. The van der Waals surface area contributed by atoms with E-state index in [0.29, 0.717) is 5.92 Å². The highest BCUT2D eigenvalue weighted by Gasteiger charge is 2.08. The zero-order chi connectivity index (χ0) is 13.1. The Morgan fingerprint density at radius 1 is 1.35 bits per heavy atom. The smallest absolute Gasteiger partial charge is 0.303 e. The third kappa shape index (κ3) is 9.82. The molecule has 2 N–H and O–H groups in total. The van der Waals surface area contributed by atoms with E-state index >= 15 is 0 Å². The van der Waals surface area contributed by atoms with Crippen LogP contribution in [-0.2, 0) is 4.79 Å². The van der Waals surface area contributed by atoms with Crippen LogP contribution >= 0.6 is 0 Å². The van der Waals surface area contributed by atoms with Crippen molar-refractivity contribution < 1.29 is 9.90 Å². The van der Waals surface area contributed by atoms with Gasteiger partial charge >= 0.3 is 5.97 Å². The molecule has 0 aliphatic carbocycles. The second-order valence-corrected chi connectivity index (χ2v) is 4.61. The molecule has 0 aliphatic heterocycles. The fraction of sp³-hybridized carbons (Fsp3) is 0.643. The van der Waals surface area contributed by atoms with E-state index in [1.165, 1.54) is 0 Å². The van der Waals surface area contributed by atoms with E-state index in [1.54, 1.807) is 0 Å². The van der Waals surface area contributed by atoms with E-state index in [9.17, 15) is 4.79 Å². The van der Waals surface area contributed by atoms with Crippen molar-refractivity contribution in [1.82, 2.24) is 5.32 Å². The average molecular weight is 239 g/mol. The summed E-state index contributed by atoms with van der Waals surface area (Å²) in [6.45, 7) is 11.1. The van der Waals surface area contributed by atoms with Crippen molar-refractivity contribution in [2.45, 2.75) is 32.6 Å². The van der Waals surface area contributed by atoms with Gasteiger partial charge in [0.2, 0.25) is 0 Å².